The summed E-state index contributed by atoms with van der Waals surface area (Å²) in [5, 5.41) is 12.3. The molecule has 0 saturated heterocycles. The summed E-state index contributed by atoms with van der Waals surface area (Å²) < 4.78 is 5.54. The van der Waals surface area contributed by atoms with E-state index in [2.05, 4.69) is 49.5 Å². The summed E-state index contributed by atoms with van der Waals surface area (Å²) in [6.45, 7) is 4.27. The van der Waals surface area contributed by atoms with Gasteiger partial charge < -0.3 is 15.2 Å². The van der Waals surface area contributed by atoms with Crippen molar-refractivity contribution in [3.05, 3.63) is 119 Å². The standard InChI is InChI=1S/C32H29NO4/c1-20-15-21(2)17-24(16-20)23-13-11-22(12-14-23)18-30(31(34)35)33-32(36)37-19-29-27-9-5-3-7-25(27)26-8-4-6-10-28(26)29/h3-17,29-30H,18-19H2,1-2H3,(H,33,36)(H,34,35). The highest BCUT2D eigenvalue weighted by atomic mass is 16.5. The van der Waals surface area contributed by atoms with Crippen molar-refractivity contribution in [2.45, 2.75) is 32.2 Å². The fourth-order valence-corrected chi connectivity index (χ4v) is 5.19. The molecule has 2 N–H and O–H groups in total. The number of amides is 1. The van der Waals surface area contributed by atoms with Gasteiger partial charge in [-0.15, -0.1) is 0 Å². The molecule has 0 aliphatic heterocycles. The Morgan fingerprint density at radius 2 is 1.38 bits per heavy atom. The number of hydrogen-bond donors (Lipinski definition) is 2. The molecule has 1 amide bonds. The highest BCUT2D eigenvalue weighted by Gasteiger charge is 2.29. The third-order valence-electron chi connectivity index (χ3n) is 6.88. The molecule has 1 atom stereocenters. The molecule has 0 spiro atoms. The average Bonchev–Trinajstić information content (AvgIpc) is 3.20. The lowest BCUT2D eigenvalue weighted by Crippen LogP contribution is -2.42. The Morgan fingerprint density at radius 3 is 1.95 bits per heavy atom. The molecule has 186 valence electrons. The number of aryl methyl sites for hydroxylation is 2. The number of hydrogen-bond acceptors (Lipinski definition) is 3. The molecule has 1 aliphatic rings. The van der Waals surface area contributed by atoms with E-state index in [-0.39, 0.29) is 18.9 Å². The molecular weight excluding hydrogens is 462 g/mol. The van der Waals surface area contributed by atoms with E-state index in [0.29, 0.717) is 0 Å². The first-order valence-corrected chi connectivity index (χ1v) is 12.4. The minimum Gasteiger partial charge on any atom is -0.480 e. The molecule has 4 aromatic carbocycles. The number of alkyl carbamates (subject to hydrolysis) is 1. The number of nitrogens with one attached hydrogen (secondary N) is 1. The van der Waals surface area contributed by atoms with Gasteiger partial charge in [0.05, 0.1) is 0 Å². The number of fused-ring (bicyclic) bond motifs is 3. The molecule has 0 fully saturated rings. The molecule has 1 aliphatic carbocycles. The molecule has 5 nitrogen and oxygen atoms in total. The normalized spacial score (nSPS) is 12.9. The van der Waals surface area contributed by atoms with Gasteiger partial charge in [-0.1, -0.05) is 102 Å². The van der Waals surface area contributed by atoms with Gasteiger partial charge in [-0.2, -0.15) is 0 Å². The van der Waals surface area contributed by atoms with E-state index < -0.39 is 18.1 Å². The predicted molar refractivity (Wildman–Crippen MR) is 145 cm³/mol. The summed E-state index contributed by atoms with van der Waals surface area (Å²) in [6.07, 6.45) is -0.576. The van der Waals surface area contributed by atoms with Crippen LogP contribution in [-0.2, 0) is 16.0 Å². The van der Waals surface area contributed by atoms with Crippen LogP contribution in [0.15, 0.2) is 91.0 Å². The van der Waals surface area contributed by atoms with E-state index in [1.54, 1.807) is 0 Å². The zero-order chi connectivity index (χ0) is 25.9. The molecule has 0 heterocycles. The zero-order valence-corrected chi connectivity index (χ0v) is 20.9. The first-order chi connectivity index (χ1) is 17.9. The summed E-state index contributed by atoms with van der Waals surface area (Å²) in [6, 6.07) is 29.2. The molecule has 5 rings (SSSR count). The molecule has 0 aromatic heterocycles. The lowest BCUT2D eigenvalue weighted by molar-refractivity contribution is -0.139. The fraction of sp³-hybridized carbons (Fsp3) is 0.188. The van der Waals surface area contributed by atoms with E-state index in [4.69, 9.17) is 4.74 Å². The second-order valence-corrected chi connectivity index (χ2v) is 9.64. The van der Waals surface area contributed by atoms with Crippen molar-refractivity contribution >= 4 is 12.1 Å². The number of carbonyl (C=O) groups is 2. The summed E-state index contributed by atoms with van der Waals surface area (Å²) in [5.74, 6) is -1.19. The van der Waals surface area contributed by atoms with Crippen LogP contribution in [0.1, 0.15) is 33.7 Å². The van der Waals surface area contributed by atoms with Crippen molar-refractivity contribution in [2.75, 3.05) is 6.61 Å². The fourth-order valence-electron chi connectivity index (χ4n) is 5.19. The molecular formula is C32H29NO4. The molecule has 0 bridgehead atoms. The topological polar surface area (TPSA) is 75.6 Å². The lowest BCUT2D eigenvalue weighted by atomic mass is 9.98. The maximum atomic E-state index is 12.6. The number of rotatable bonds is 7. The van der Waals surface area contributed by atoms with E-state index in [0.717, 1.165) is 38.9 Å². The van der Waals surface area contributed by atoms with Crippen LogP contribution < -0.4 is 5.32 Å². The summed E-state index contributed by atoms with van der Waals surface area (Å²) in [5.41, 5.74) is 9.88. The predicted octanol–water partition coefficient (Wildman–Crippen LogP) is 6.50. The smallest absolute Gasteiger partial charge is 0.407 e. The van der Waals surface area contributed by atoms with E-state index >= 15 is 0 Å². The molecule has 0 saturated carbocycles. The van der Waals surface area contributed by atoms with Crippen LogP contribution in [0.3, 0.4) is 0 Å². The Morgan fingerprint density at radius 1 is 0.811 bits per heavy atom. The summed E-state index contributed by atoms with van der Waals surface area (Å²) >= 11 is 0. The molecule has 37 heavy (non-hydrogen) atoms. The van der Waals surface area contributed by atoms with Gasteiger partial charge in [0.1, 0.15) is 12.6 Å². The van der Waals surface area contributed by atoms with Crippen molar-refractivity contribution in [1.82, 2.24) is 5.32 Å². The van der Waals surface area contributed by atoms with Gasteiger partial charge in [0.2, 0.25) is 0 Å². The molecule has 0 radical (unpaired) electrons. The Bertz CT molecular complexity index is 1390. The van der Waals surface area contributed by atoms with Gasteiger partial charge in [0.25, 0.3) is 0 Å². The Kier molecular flexibility index (Phi) is 6.78. The van der Waals surface area contributed by atoms with Crippen LogP contribution in [-0.4, -0.2) is 29.8 Å². The van der Waals surface area contributed by atoms with Crippen LogP contribution in [0.4, 0.5) is 4.79 Å². The third kappa shape index (κ3) is 5.26. The van der Waals surface area contributed by atoms with Crippen molar-refractivity contribution in [3.63, 3.8) is 0 Å². The SMILES string of the molecule is Cc1cc(C)cc(-c2ccc(CC(NC(=O)OCC3c4ccccc4-c4ccccc43)C(=O)O)cc2)c1. The van der Waals surface area contributed by atoms with Crippen LogP contribution in [0.5, 0.6) is 0 Å². The minimum atomic E-state index is -1.10. The second-order valence-electron chi connectivity index (χ2n) is 9.64. The van der Waals surface area contributed by atoms with Crippen molar-refractivity contribution in [1.29, 1.82) is 0 Å². The van der Waals surface area contributed by atoms with Crippen molar-refractivity contribution in [3.8, 4) is 22.3 Å². The van der Waals surface area contributed by atoms with Gasteiger partial charge in [-0.3, -0.25) is 0 Å². The zero-order valence-electron chi connectivity index (χ0n) is 20.9. The number of carboxylic acid groups (broad SMARTS) is 1. The van der Waals surface area contributed by atoms with Crippen molar-refractivity contribution < 1.29 is 19.4 Å². The van der Waals surface area contributed by atoms with Gasteiger partial charge in [0.15, 0.2) is 0 Å². The van der Waals surface area contributed by atoms with Crippen LogP contribution in [0.2, 0.25) is 0 Å². The highest BCUT2D eigenvalue weighted by Crippen LogP contribution is 2.44. The van der Waals surface area contributed by atoms with E-state index in [1.165, 1.54) is 11.1 Å². The van der Waals surface area contributed by atoms with Crippen LogP contribution in [0.25, 0.3) is 22.3 Å². The van der Waals surface area contributed by atoms with Gasteiger partial charge in [-0.25, -0.2) is 9.59 Å². The Balaban J connectivity index is 1.23. The average molecular weight is 492 g/mol. The summed E-state index contributed by atoms with van der Waals surface area (Å²) in [7, 11) is 0. The number of benzene rings is 4. The lowest BCUT2D eigenvalue weighted by Gasteiger charge is -2.18. The van der Waals surface area contributed by atoms with Gasteiger partial charge in [-0.05, 0) is 52.8 Å². The van der Waals surface area contributed by atoms with E-state index in [9.17, 15) is 14.7 Å². The quantitative estimate of drug-likeness (QED) is 0.309. The summed E-state index contributed by atoms with van der Waals surface area (Å²) in [4.78, 5) is 24.6. The number of ether oxygens (including phenoxy) is 1. The molecule has 5 heteroatoms. The molecule has 4 aromatic rings. The van der Waals surface area contributed by atoms with Crippen molar-refractivity contribution in [2.24, 2.45) is 0 Å². The maximum Gasteiger partial charge on any atom is 0.407 e. The first kappa shape index (κ1) is 24.3. The van der Waals surface area contributed by atoms with Crippen LogP contribution in [0, 0.1) is 13.8 Å². The second kappa shape index (κ2) is 10.3. The number of carboxylic acids is 1. The Labute approximate surface area is 216 Å². The number of carbonyl (C=O) groups excluding carboxylic acids is 1. The first-order valence-electron chi connectivity index (χ1n) is 12.4. The number of aliphatic carboxylic acids is 1. The largest absolute Gasteiger partial charge is 0.480 e. The highest BCUT2D eigenvalue weighted by molar-refractivity contribution is 5.81. The van der Waals surface area contributed by atoms with Gasteiger partial charge >= 0.3 is 12.1 Å². The monoisotopic (exact) mass is 491 g/mol. The maximum absolute atomic E-state index is 12.6. The van der Waals surface area contributed by atoms with Crippen LogP contribution >= 0.6 is 0 Å². The minimum absolute atomic E-state index is 0.0840. The van der Waals surface area contributed by atoms with Gasteiger partial charge in [0, 0.05) is 12.3 Å². The van der Waals surface area contributed by atoms with E-state index in [1.807, 2.05) is 60.7 Å². The molecule has 1 unspecified atom stereocenters. The Hall–Kier alpha value is -4.38. The third-order valence-corrected chi connectivity index (χ3v) is 6.88.